The quantitative estimate of drug-likeness (QED) is 0.400. The van der Waals surface area contributed by atoms with Gasteiger partial charge in [-0.1, -0.05) is 0 Å². The standard InChI is InChI=1S/C27H39N3O3.CH2O2/c1-18-14-20(15-19(2)33-18)28-27-21-8-6-9-23(21)29-24-17-26(25(31-3)16-22(24)27)32-13-7-12-30-10-4-5-11-30;2-1-3/h16-20H,4-15H2,1-3H3,(H,28,29);1H,(H,2,3). The molecule has 198 valence electrons. The van der Waals surface area contributed by atoms with E-state index in [1.165, 1.54) is 49.3 Å². The summed E-state index contributed by atoms with van der Waals surface area (Å²) in [6.07, 6.45) is 9.62. The van der Waals surface area contributed by atoms with Crippen LogP contribution in [-0.4, -0.2) is 73.1 Å². The first kappa shape index (κ1) is 26.5. The van der Waals surface area contributed by atoms with Crippen molar-refractivity contribution in [3.05, 3.63) is 23.4 Å². The highest BCUT2D eigenvalue weighted by molar-refractivity contribution is 5.96. The number of pyridine rings is 1. The zero-order chi connectivity index (χ0) is 25.5. The molecule has 2 aliphatic heterocycles. The third-order valence-electron chi connectivity index (χ3n) is 7.42. The lowest BCUT2D eigenvalue weighted by Gasteiger charge is -2.34. The Balaban J connectivity index is 0.000000967. The maximum atomic E-state index is 8.36. The topological polar surface area (TPSA) is 93.2 Å². The number of methoxy groups -OCH3 is 1. The summed E-state index contributed by atoms with van der Waals surface area (Å²) in [6, 6.07) is 4.63. The fourth-order valence-corrected chi connectivity index (χ4v) is 5.91. The molecule has 2 fully saturated rings. The lowest BCUT2D eigenvalue weighted by Crippen LogP contribution is -2.37. The largest absolute Gasteiger partial charge is 0.493 e. The first-order valence-electron chi connectivity index (χ1n) is 13.4. The number of anilines is 1. The minimum atomic E-state index is -0.250. The van der Waals surface area contributed by atoms with Crippen LogP contribution in [0.3, 0.4) is 0 Å². The zero-order valence-corrected chi connectivity index (χ0v) is 21.9. The molecule has 8 heteroatoms. The smallest absolute Gasteiger partial charge is 0.290 e. The number of rotatable bonds is 8. The number of ether oxygens (including phenoxy) is 3. The third kappa shape index (κ3) is 6.40. The van der Waals surface area contributed by atoms with Crippen LogP contribution in [0.25, 0.3) is 10.9 Å². The van der Waals surface area contributed by atoms with Crippen molar-refractivity contribution in [2.24, 2.45) is 0 Å². The number of nitrogens with zero attached hydrogens (tertiary/aromatic N) is 2. The Morgan fingerprint density at radius 3 is 2.56 bits per heavy atom. The van der Waals surface area contributed by atoms with E-state index in [0.717, 1.165) is 61.1 Å². The van der Waals surface area contributed by atoms with E-state index in [-0.39, 0.29) is 18.7 Å². The molecule has 0 spiro atoms. The molecule has 1 aromatic carbocycles. The van der Waals surface area contributed by atoms with E-state index < -0.39 is 0 Å². The second kappa shape index (κ2) is 12.6. The van der Waals surface area contributed by atoms with Gasteiger partial charge in [0.15, 0.2) is 11.5 Å². The monoisotopic (exact) mass is 499 g/mol. The molecule has 2 atom stereocenters. The number of hydrogen-bond donors (Lipinski definition) is 2. The molecule has 8 nitrogen and oxygen atoms in total. The van der Waals surface area contributed by atoms with Gasteiger partial charge in [-0.2, -0.15) is 0 Å². The predicted molar refractivity (Wildman–Crippen MR) is 141 cm³/mol. The summed E-state index contributed by atoms with van der Waals surface area (Å²) in [5, 5.41) is 11.9. The van der Waals surface area contributed by atoms with E-state index >= 15 is 0 Å². The first-order chi connectivity index (χ1) is 17.5. The number of aromatic nitrogens is 1. The van der Waals surface area contributed by atoms with Crippen LogP contribution in [0, 0.1) is 0 Å². The number of nitrogens with one attached hydrogen (secondary N) is 1. The van der Waals surface area contributed by atoms with Gasteiger partial charge in [0.2, 0.25) is 0 Å². The molecule has 0 amide bonds. The molecule has 2 aromatic rings. The predicted octanol–water partition coefficient (Wildman–Crippen LogP) is 4.67. The van der Waals surface area contributed by atoms with E-state index in [9.17, 15) is 0 Å². The third-order valence-corrected chi connectivity index (χ3v) is 7.42. The summed E-state index contributed by atoms with van der Waals surface area (Å²) < 4.78 is 17.9. The normalized spacial score (nSPS) is 23.6. The summed E-state index contributed by atoms with van der Waals surface area (Å²) in [6.45, 7) is 8.37. The van der Waals surface area contributed by atoms with Crippen LogP contribution >= 0.6 is 0 Å². The SMILES string of the molecule is COc1cc2c(NC3CC(C)OC(C)C3)c3c(nc2cc1OCCCN1CCCC1)CCC3.O=CO. The van der Waals surface area contributed by atoms with Gasteiger partial charge < -0.3 is 29.5 Å². The molecule has 0 bridgehead atoms. The molecule has 5 rings (SSSR count). The Hall–Kier alpha value is -2.58. The Morgan fingerprint density at radius 2 is 1.86 bits per heavy atom. The van der Waals surface area contributed by atoms with Crippen molar-refractivity contribution in [2.75, 3.05) is 38.7 Å². The van der Waals surface area contributed by atoms with Crippen LogP contribution in [-0.2, 0) is 22.4 Å². The van der Waals surface area contributed by atoms with Crippen molar-refractivity contribution in [3.8, 4) is 11.5 Å². The molecule has 2 unspecified atom stereocenters. The van der Waals surface area contributed by atoms with E-state index in [0.29, 0.717) is 12.6 Å². The van der Waals surface area contributed by atoms with Crippen LogP contribution in [0.2, 0.25) is 0 Å². The zero-order valence-electron chi connectivity index (χ0n) is 21.9. The van der Waals surface area contributed by atoms with Crippen molar-refractivity contribution in [1.82, 2.24) is 9.88 Å². The van der Waals surface area contributed by atoms with E-state index in [2.05, 4.69) is 36.2 Å². The Kier molecular flexibility index (Phi) is 9.26. The molecule has 3 aliphatic rings. The van der Waals surface area contributed by atoms with Gasteiger partial charge in [0.1, 0.15) is 0 Å². The molecular weight excluding hydrogens is 458 g/mol. The molecule has 0 radical (unpaired) electrons. The summed E-state index contributed by atoms with van der Waals surface area (Å²) in [7, 11) is 1.73. The maximum absolute atomic E-state index is 8.36. The van der Waals surface area contributed by atoms with Gasteiger partial charge in [-0.25, -0.2) is 0 Å². The Bertz CT molecular complexity index is 1010. The van der Waals surface area contributed by atoms with Gasteiger partial charge in [0, 0.05) is 35.4 Å². The van der Waals surface area contributed by atoms with Crippen LogP contribution in [0.1, 0.15) is 63.6 Å². The molecule has 2 saturated heterocycles. The Morgan fingerprint density at radius 1 is 1.14 bits per heavy atom. The van der Waals surface area contributed by atoms with Gasteiger partial charge >= 0.3 is 0 Å². The Labute approximate surface area is 214 Å². The molecule has 0 saturated carbocycles. The van der Waals surface area contributed by atoms with Gasteiger partial charge in [-0.15, -0.1) is 0 Å². The maximum Gasteiger partial charge on any atom is 0.290 e. The van der Waals surface area contributed by atoms with Crippen LogP contribution < -0.4 is 14.8 Å². The lowest BCUT2D eigenvalue weighted by atomic mass is 9.98. The highest BCUT2D eigenvalue weighted by atomic mass is 16.5. The van der Waals surface area contributed by atoms with Gasteiger partial charge in [-0.3, -0.25) is 9.78 Å². The number of hydrogen-bond acceptors (Lipinski definition) is 7. The van der Waals surface area contributed by atoms with Crippen molar-refractivity contribution in [2.45, 2.75) is 83.5 Å². The number of aryl methyl sites for hydroxylation is 1. The van der Waals surface area contributed by atoms with Crippen LogP contribution in [0.15, 0.2) is 12.1 Å². The average molecular weight is 500 g/mol. The number of carboxylic acid groups (broad SMARTS) is 1. The highest BCUT2D eigenvalue weighted by Gasteiger charge is 2.28. The number of likely N-dealkylation sites (tertiary alicyclic amines) is 1. The average Bonchev–Trinajstić information content (AvgIpc) is 3.53. The van der Waals surface area contributed by atoms with E-state index in [1.807, 2.05) is 0 Å². The lowest BCUT2D eigenvalue weighted by molar-refractivity contribution is -0.122. The molecule has 36 heavy (non-hydrogen) atoms. The summed E-state index contributed by atoms with van der Waals surface area (Å²) >= 11 is 0. The molecule has 1 aromatic heterocycles. The van der Waals surface area contributed by atoms with Crippen molar-refractivity contribution in [3.63, 3.8) is 0 Å². The minimum absolute atomic E-state index is 0.250. The number of fused-ring (bicyclic) bond motifs is 2. The van der Waals surface area contributed by atoms with E-state index in [1.54, 1.807) is 7.11 Å². The summed E-state index contributed by atoms with van der Waals surface area (Å²) in [4.78, 5) is 15.9. The van der Waals surface area contributed by atoms with Crippen LogP contribution in [0.5, 0.6) is 11.5 Å². The molecule has 2 N–H and O–H groups in total. The van der Waals surface area contributed by atoms with Gasteiger partial charge in [-0.05, 0) is 89.9 Å². The minimum Gasteiger partial charge on any atom is -0.493 e. The van der Waals surface area contributed by atoms with Gasteiger partial charge in [0.25, 0.3) is 6.47 Å². The van der Waals surface area contributed by atoms with Crippen molar-refractivity contribution < 1.29 is 24.1 Å². The second-order valence-corrected chi connectivity index (χ2v) is 10.2. The fraction of sp³-hybridized carbons (Fsp3) is 0.643. The number of carbonyl (C=O) groups is 1. The highest BCUT2D eigenvalue weighted by Crippen LogP contribution is 2.40. The van der Waals surface area contributed by atoms with Gasteiger partial charge in [0.05, 0.1) is 31.4 Å². The summed E-state index contributed by atoms with van der Waals surface area (Å²) in [5.74, 6) is 1.59. The molecule has 3 heterocycles. The van der Waals surface area contributed by atoms with Crippen LogP contribution in [0.4, 0.5) is 5.69 Å². The molecule has 1 aliphatic carbocycles. The van der Waals surface area contributed by atoms with E-state index in [4.69, 9.17) is 29.1 Å². The summed E-state index contributed by atoms with van der Waals surface area (Å²) in [5.41, 5.74) is 4.87. The molecular formula is C28H41N3O5. The first-order valence-corrected chi connectivity index (χ1v) is 13.4. The number of benzene rings is 1. The second-order valence-electron chi connectivity index (χ2n) is 10.2. The van der Waals surface area contributed by atoms with Crippen molar-refractivity contribution >= 4 is 23.1 Å². The van der Waals surface area contributed by atoms with Crippen molar-refractivity contribution in [1.29, 1.82) is 0 Å². The fourth-order valence-electron chi connectivity index (χ4n) is 5.91.